The molecule has 0 unspecified atom stereocenters. The maximum absolute atomic E-state index is 5.42. The van der Waals surface area contributed by atoms with Crippen molar-refractivity contribution < 1.29 is 0 Å². The molecule has 0 aliphatic rings. The van der Waals surface area contributed by atoms with Crippen LogP contribution in [-0.2, 0) is 0 Å². The molecule has 3 N–H and O–H groups in total. The van der Waals surface area contributed by atoms with E-state index in [9.17, 15) is 0 Å². The second-order valence-corrected chi connectivity index (χ2v) is 6.92. The second-order valence-electron chi connectivity index (χ2n) is 3.65. The zero-order chi connectivity index (χ0) is 13.9. The summed E-state index contributed by atoms with van der Waals surface area (Å²) in [5.41, 5.74) is 3.33. The Bertz CT molecular complexity index is 744. The van der Waals surface area contributed by atoms with E-state index < -0.39 is 0 Å². The molecule has 102 valence electrons. The van der Waals surface area contributed by atoms with Gasteiger partial charge in [0.1, 0.15) is 5.03 Å². The largest absolute Gasteiger partial charge is 0.292 e. The average Bonchev–Trinajstić information content (AvgIpc) is 2.94. The molecular formula is C11H10N6S3. The van der Waals surface area contributed by atoms with Gasteiger partial charge in [0.05, 0.1) is 5.52 Å². The highest BCUT2D eigenvalue weighted by Gasteiger charge is 2.11. The summed E-state index contributed by atoms with van der Waals surface area (Å²) in [6.07, 6.45) is 1.98. The molecule has 6 nitrogen and oxygen atoms in total. The normalized spacial score (nSPS) is 10.9. The number of hydrogen-bond donors (Lipinski definition) is 2. The van der Waals surface area contributed by atoms with Crippen LogP contribution in [0.15, 0.2) is 38.0 Å². The molecule has 3 aromatic rings. The lowest BCUT2D eigenvalue weighted by molar-refractivity contribution is 0.953. The number of anilines is 1. The summed E-state index contributed by atoms with van der Waals surface area (Å²) in [5, 5.41) is 10.0. The minimum atomic E-state index is 0.390. The maximum Gasteiger partial charge on any atom is 0.238 e. The van der Waals surface area contributed by atoms with Crippen molar-refractivity contribution in [1.82, 2.24) is 20.2 Å². The van der Waals surface area contributed by atoms with Gasteiger partial charge in [0, 0.05) is 5.39 Å². The SMILES string of the molecule is CSc1nnc(Sc2nc(NN)nc3ccccc23)s1. The first-order valence-corrected chi connectivity index (χ1v) is 8.44. The molecule has 2 aromatic heterocycles. The van der Waals surface area contributed by atoms with Gasteiger partial charge < -0.3 is 0 Å². The number of nitrogens with two attached hydrogens (primary N) is 1. The quantitative estimate of drug-likeness (QED) is 0.328. The Morgan fingerprint density at radius 3 is 2.70 bits per heavy atom. The van der Waals surface area contributed by atoms with E-state index in [1.807, 2.05) is 30.5 Å². The standard InChI is InChI=1S/C11H10N6S3/c1-18-10-16-17-11(20-10)19-8-6-4-2-3-5-7(6)13-9(14-8)15-12/h2-5H,12H2,1H3,(H,13,14,15). The average molecular weight is 322 g/mol. The number of nitrogens with zero attached hydrogens (tertiary/aromatic N) is 4. The summed E-state index contributed by atoms with van der Waals surface area (Å²) in [6.45, 7) is 0. The first kappa shape index (κ1) is 13.6. The van der Waals surface area contributed by atoms with Crippen LogP contribution in [0.4, 0.5) is 5.95 Å². The van der Waals surface area contributed by atoms with E-state index in [-0.39, 0.29) is 0 Å². The third-order valence-electron chi connectivity index (χ3n) is 2.44. The summed E-state index contributed by atoms with van der Waals surface area (Å²) in [5.74, 6) is 5.81. The van der Waals surface area contributed by atoms with Crippen molar-refractivity contribution in [3.05, 3.63) is 24.3 Å². The zero-order valence-corrected chi connectivity index (χ0v) is 12.8. The number of nitrogens with one attached hydrogen (secondary N) is 1. The molecule has 0 aliphatic carbocycles. The predicted octanol–water partition coefficient (Wildman–Crippen LogP) is 2.64. The molecule has 0 amide bonds. The highest BCUT2D eigenvalue weighted by Crippen LogP contribution is 2.35. The number of rotatable bonds is 4. The van der Waals surface area contributed by atoms with Crippen LogP contribution in [0.25, 0.3) is 10.9 Å². The molecule has 0 aliphatic heterocycles. The van der Waals surface area contributed by atoms with Crippen molar-refractivity contribution in [2.75, 3.05) is 11.7 Å². The third kappa shape index (κ3) is 2.70. The Morgan fingerprint density at radius 2 is 1.95 bits per heavy atom. The van der Waals surface area contributed by atoms with E-state index in [1.54, 1.807) is 23.1 Å². The summed E-state index contributed by atoms with van der Waals surface area (Å²) >= 11 is 4.59. The molecule has 0 radical (unpaired) electrons. The minimum Gasteiger partial charge on any atom is -0.292 e. The molecule has 0 spiro atoms. The van der Waals surface area contributed by atoms with Crippen molar-refractivity contribution >= 4 is 51.7 Å². The molecule has 0 bridgehead atoms. The molecular weight excluding hydrogens is 312 g/mol. The van der Waals surface area contributed by atoms with E-state index in [2.05, 4.69) is 25.6 Å². The molecule has 20 heavy (non-hydrogen) atoms. The Labute approximate surface area is 127 Å². The maximum atomic E-state index is 5.42. The topological polar surface area (TPSA) is 89.6 Å². The van der Waals surface area contributed by atoms with Crippen molar-refractivity contribution in [3.8, 4) is 0 Å². The lowest BCUT2D eigenvalue weighted by atomic mass is 10.2. The number of fused-ring (bicyclic) bond motifs is 1. The first-order chi connectivity index (χ1) is 9.80. The minimum absolute atomic E-state index is 0.390. The monoisotopic (exact) mass is 322 g/mol. The second kappa shape index (κ2) is 5.92. The van der Waals surface area contributed by atoms with Crippen LogP contribution in [-0.4, -0.2) is 26.4 Å². The Kier molecular flexibility index (Phi) is 4.01. The van der Waals surface area contributed by atoms with Gasteiger partial charge in [-0.2, -0.15) is 0 Å². The van der Waals surface area contributed by atoms with Crippen LogP contribution in [0.3, 0.4) is 0 Å². The van der Waals surface area contributed by atoms with Crippen LogP contribution in [0, 0.1) is 0 Å². The lowest BCUT2D eigenvalue weighted by Gasteiger charge is -2.05. The van der Waals surface area contributed by atoms with Crippen LogP contribution in [0.5, 0.6) is 0 Å². The number of benzene rings is 1. The number of para-hydroxylation sites is 1. The zero-order valence-electron chi connectivity index (χ0n) is 10.4. The molecule has 0 saturated heterocycles. The van der Waals surface area contributed by atoms with Gasteiger partial charge in [-0.3, -0.25) is 5.43 Å². The lowest BCUT2D eigenvalue weighted by Crippen LogP contribution is -2.10. The molecule has 1 aromatic carbocycles. The fraction of sp³-hybridized carbons (Fsp3) is 0.0909. The van der Waals surface area contributed by atoms with Crippen LogP contribution < -0.4 is 11.3 Å². The van der Waals surface area contributed by atoms with Crippen molar-refractivity contribution in [1.29, 1.82) is 0 Å². The molecule has 3 rings (SSSR count). The Morgan fingerprint density at radius 1 is 1.15 bits per heavy atom. The van der Waals surface area contributed by atoms with E-state index in [0.29, 0.717) is 5.95 Å². The first-order valence-electron chi connectivity index (χ1n) is 5.59. The molecule has 2 heterocycles. The van der Waals surface area contributed by atoms with E-state index in [1.165, 1.54) is 11.8 Å². The van der Waals surface area contributed by atoms with Gasteiger partial charge >= 0.3 is 0 Å². The Balaban J connectivity index is 2.04. The van der Waals surface area contributed by atoms with Gasteiger partial charge in [0.2, 0.25) is 5.95 Å². The number of nitrogen functional groups attached to an aromatic ring is 1. The van der Waals surface area contributed by atoms with E-state index >= 15 is 0 Å². The van der Waals surface area contributed by atoms with Gasteiger partial charge in [0.25, 0.3) is 0 Å². The van der Waals surface area contributed by atoms with Gasteiger partial charge in [-0.15, -0.1) is 10.2 Å². The predicted molar refractivity (Wildman–Crippen MR) is 83.2 cm³/mol. The Hall–Kier alpha value is -1.42. The van der Waals surface area contributed by atoms with E-state index in [0.717, 1.165) is 24.6 Å². The van der Waals surface area contributed by atoms with Crippen LogP contribution in [0.2, 0.25) is 0 Å². The molecule has 0 atom stereocenters. The fourth-order valence-electron chi connectivity index (χ4n) is 1.59. The summed E-state index contributed by atoms with van der Waals surface area (Å²) in [7, 11) is 0. The van der Waals surface area contributed by atoms with Crippen LogP contribution >= 0.6 is 34.9 Å². The summed E-state index contributed by atoms with van der Waals surface area (Å²) in [4.78, 5) is 8.72. The van der Waals surface area contributed by atoms with E-state index in [4.69, 9.17) is 5.84 Å². The number of hydrogen-bond acceptors (Lipinski definition) is 9. The number of hydrazine groups is 1. The van der Waals surface area contributed by atoms with Gasteiger partial charge in [-0.05, 0) is 24.1 Å². The number of aromatic nitrogens is 4. The van der Waals surface area contributed by atoms with Crippen molar-refractivity contribution in [2.45, 2.75) is 13.7 Å². The smallest absolute Gasteiger partial charge is 0.238 e. The highest BCUT2D eigenvalue weighted by atomic mass is 32.2. The van der Waals surface area contributed by atoms with Crippen molar-refractivity contribution in [2.24, 2.45) is 5.84 Å². The fourth-order valence-corrected chi connectivity index (χ4v) is 4.06. The summed E-state index contributed by atoms with van der Waals surface area (Å²) in [6, 6.07) is 7.80. The number of thioether (sulfide) groups is 1. The molecule has 0 fully saturated rings. The summed E-state index contributed by atoms with van der Waals surface area (Å²) < 4.78 is 1.78. The molecule has 9 heteroatoms. The highest BCUT2D eigenvalue weighted by molar-refractivity contribution is 8.03. The van der Waals surface area contributed by atoms with Gasteiger partial charge in [-0.25, -0.2) is 15.8 Å². The van der Waals surface area contributed by atoms with Crippen molar-refractivity contribution in [3.63, 3.8) is 0 Å². The third-order valence-corrected chi connectivity index (χ3v) is 5.40. The van der Waals surface area contributed by atoms with Gasteiger partial charge in [-0.1, -0.05) is 41.3 Å². The molecule has 0 saturated carbocycles. The van der Waals surface area contributed by atoms with Gasteiger partial charge in [0.15, 0.2) is 8.68 Å². The van der Waals surface area contributed by atoms with Crippen LogP contribution in [0.1, 0.15) is 0 Å².